The standard InChI is InChI=1S/C10H13ClN2O2/c1-7(13-8(2)14)6-15-10-5-9(11)3-4-12-10/h3-5,7H,6H2,1-2H3,(H,13,14)/t7-/m0/s1. The van der Waals surface area contributed by atoms with Crippen LogP contribution in [-0.2, 0) is 4.79 Å². The first-order valence-electron chi connectivity index (χ1n) is 4.59. The van der Waals surface area contributed by atoms with Gasteiger partial charge in [-0.05, 0) is 13.0 Å². The molecule has 4 nitrogen and oxygen atoms in total. The summed E-state index contributed by atoms with van der Waals surface area (Å²) in [7, 11) is 0. The molecule has 0 radical (unpaired) electrons. The summed E-state index contributed by atoms with van der Waals surface area (Å²) in [6.07, 6.45) is 1.57. The fourth-order valence-corrected chi connectivity index (χ4v) is 1.21. The van der Waals surface area contributed by atoms with E-state index in [2.05, 4.69) is 10.3 Å². The summed E-state index contributed by atoms with van der Waals surface area (Å²) in [5, 5.41) is 3.28. The number of pyridine rings is 1. The maximum absolute atomic E-state index is 10.7. The van der Waals surface area contributed by atoms with Gasteiger partial charge in [0.25, 0.3) is 0 Å². The van der Waals surface area contributed by atoms with Crippen molar-refractivity contribution in [3.8, 4) is 5.88 Å². The number of ether oxygens (including phenoxy) is 1. The predicted molar refractivity (Wildman–Crippen MR) is 58.0 cm³/mol. The third-order valence-corrected chi connectivity index (χ3v) is 1.86. The first-order chi connectivity index (χ1) is 7.08. The van der Waals surface area contributed by atoms with E-state index in [-0.39, 0.29) is 11.9 Å². The largest absolute Gasteiger partial charge is 0.475 e. The SMILES string of the molecule is CC(=O)N[C@@H](C)COc1cc(Cl)ccn1. The predicted octanol–water partition coefficient (Wildman–Crippen LogP) is 1.64. The molecule has 0 aliphatic rings. The second kappa shape index (κ2) is 5.56. The quantitative estimate of drug-likeness (QED) is 0.853. The highest BCUT2D eigenvalue weighted by molar-refractivity contribution is 6.30. The van der Waals surface area contributed by atoms with Crippen LogP contribution < -0.4 is 10.1 Å². The molecular weight excluding hydrogens is 216 g/mol. The van der Waals surface area contributed by atoms with Crippen LogP contribution in [-0.4, -0.2) is 23.5 Å². The van der Waals surface area contributed by atoms with Gasteiger partial charge in [0.05, 0.1) is 6.04 Å². The molecule has 0 aromatic carbocycles. The average Bonchev–Trinajstić information content (AvgIpc) is 2.14. The van der Waals surface area contributed by atoms with Gasteiger partial charge in [0, 0.05) is 24.2 Å². The third-order valence-electron chi connectivity index (χ3n) is 1.63. The van der Waals surface area contributed by atoms with E-state index in [1.807, 2.05) is 6.92 Å². The Morgan fingerprint density at radius 2 is 2.47 bits per heavy atom. The second-order valence-corrected chi connectivity index (χ2v) is 3.66. The first-order valence-corrected chi connectivity index (χ1v) is 4.97. The Morgan fingerprint density at radius 1 is 1.73 bits per heavy atom. The zero-order chi connectivity index (χ0) is 11.3. The molecule has 1 heterocycles. The maximum Gasteiger partial charge on any atom is 0.217 e. The minimum absolute atomic E-state index is 0.0525. The van der Waals surface area contributed by atoms with E-state index in [1.54, 1.807) is 18.3 Å². The van der Waals surface area contributed by atoms with Gasteiger partial charge in [-0.3, -0.25) is 4.79 Å². The zero-order valence-corrected chi connectivity index (χ0v) is 9.41. The van der Waals surface area contributed by atoms with Gasteiger partial charge in [-0.25, -0.2) is 4.98 Å². The number of amides is 1. The molecule has 0 saturated carbocycles. The molecule has 1 aromatic heterocycles. The van der Waals surface area contributed by atoms with Gasteiger partial charge in [-0.1, -0.05) is 11.6 Å². The summed E-state index contributed by atoms with van der Waals surface area (Å²) in [6, 6.07) is 3.25. The minimum Gasteiger partial charge on any atom is -0.475 e. The van der Waals surface area contributed by atoms with E-state index in [1.165, 1.54) is 6.92 Å². The van der Waals surface area contributed by atoms with Crippen LogP contribution in [0.15, 0.2) is 18.3 Å². The molecular formula is C10H13ClN2O2. The van der Waals surface area contributed by atoms with Crippen LogP contribution in [0.1, 0.15) is 13.8 Å². The molecule has 0 spiro atoms. The van der Waals surface area contributed by atoms with E-state index in [9.17, 15) is 4.79 Å². The lowest BCUT2D eigenvalue weighted by molar-refractivity contribution is -0.119. The van der Waals surface area contributed by atoms with Crippen LogP contribution in [0.5, 0.6) is 5.88 Å². The van der Waals surface area contributed by atoms with Gasteiger partial charge < -0.3 is 10.1 Å². The fraction of sp³-hybridized carbons (Fsp3) is 0.400. The molecule has 5 heteroatoms. The van der Waals surface area contributed by atoms with E-state index in [4.69, 9.17) is 16.3 Å². The average molecular weight is 229 g/mol. The number of carbonyl (C=O) groups is 1. The Morgan fingerprint density at radius 3 is 3.07 bits per heavy atom. The van der Waals surface area contributed by atoms with Crippen molar-refractivity contribution >= 4 is 17.5 Å². The number of carbonyl (C=O) groups excluding carboxylic acids is 1. The van der Waals surface area contributed by atoms with E-state index >= 15 is 0 Å². The van der Waals surface area contributed by atoms with Crippen LogP contribution in [0, 0.1) is 0 Å². The Hall–Kier alpha value is -1.29. The van der Waals surface area contributed by atoms with Gasteiger partial charge in [0.1, 0.15) is 6.61 Å². The van der Waals surface area contributed by atoms with Crippen molar-refractivity contribution in [3.05, 3.63) is 23.4 Å². The molecule has 1 rings (SSSR count). The number of rotatable bonds is 4. The van der Waals surface area contributed by atoms with Crippen LogP contribution in [0.3, 0.4) is 0 Å². The van der Waals surface area contributed by atoms with Crippen molar-refractivity contribution in [3.63, 3.8) is 0 Å². The molecule has 0 aliphatic heterocycles. The molecule has 15 heavy (non-hydrogen) atoms. The maximum atomic E-state index is 10.7. The highest BCUT2D eigenvalue weighted by atomic mass is 35.5. The summed E-state index contributed by atoms with van der Waals surface area (Å²) >= 11 is 5.75. The molecule has 1 amide bonds. The number of halogens is 1. The van der Waals surface area contributed by atoms with Gasteiger partial charge in [-0.15, -0.1) is 0 Å². The van der Waals surface area contributed by atoms with Gasteiger partial charge in [0.15, 0.2) is 0 Å². The molecule has 0 fully saturated rings. The molecule has 1 atom stereocenters. The Bertz CT molecular complexity index is 344. The van der Waals surface area contributed by atoms with Crippen molar-refractivity contribution in [2.75, 3.05) is 6.61 Å². The van der Waals surface area contributed by atoms with E-state index in [0.717, 1.165) is 0 Å². The first kappa shape index (κ1) is 11.8. The summed E-state index contributed by atoms with van der Waals surface area (Å²) in [6.45, 7) is 3.69. The van der Waals surface area contributed by atoms with E-state index in [0.29, 0.717) is 17.5 Å². The van der Waals surface area contributed by atoms with Crippen molar-refractivity contribution in [2.45, 2.75) is 19.9 Å². The number of nitrogens with zero attached hydrogens (tertiary/aromatic N) is 1. The lowest BCUT2D eigenvalue weighted by Gasteiger charge is -2.12. The summed E-state index contributed by atoms with van der Waals surface area (Å²) in [4.78, 5) is 14.7. The molecule has 82 valence electrons. The molecule has 1 aromatic rings. The topological polar surface area (TPSA) is 51.2 Å². The Labute approximate surface area is 93.6 Å². The lowest BCUT2D eigenvalue weighted by Crippen LogP contribution is -2.35. The van der Waals surface area contributed by atoms with Gasteiger partial charge >= 0.3 is 0 Å². The summed E-state index contributed by atoms with van der Waals surface area (Å²) < 4.78 is 5.34. The Balaban J connectivity index is 2.40. The minimum atomic E-state index is -0.0786. The molecule has 0 bridgehead atoms. The highest BCUT2D eigenvalue weighted by Gasteiger charge is 2.04. The Kier molecular flexibility index (Phi) is 4.37. The van der Waals surface area contributed by atoms with Crippen molar-refractivity contribution in [2.24, 2.45) is 0 Å². The number of hydrogen-bond acceptors (Lipinski definition) is 3. The zero-order valence-electron chi connectivity index (χ0n) is 8.66. The summed E-state index contributed by atoms with van der Waals surface area (Å²) in [5.74, 6) is 0.379. The second-order valence-electron chi connectivity index (χ2n) is 3.22. The molecule has 0 saturated heterocycles. The van der Waals surface area contributed by atoms with Gasteiger partial charge in [0.2, 0.25) is 11.8 Å². The van der Waals surface area contributed by atoms with Crippen LogP contribution in [0.25, 0.3) is 0 Å². The number of hydrogen-bond donors (Lipinski definition) is 1. The molecule has 1 N–H and O–H groups in total. The number of aromatic nitrogens is 1. The van der Waals surface area contributed by atoms with Crippen molar-refractivity contribution < 1.29 is 9.53 Å². The van der Waals surface area contributed by atoms with Crippen LogP contribution >= 0.6 is 11.6 Å². The van der Waals surface area contributed by atoms with Crippen LogP contribution in [0.2, 0.25) is 5.02 Å². The van der Waals surface area contributed by atoms with Crippen LogP contribution in [0.4, 0.5) is 0 Å². The number of nitrogens with one attached hydrogen (secondary N) is 1. The van der Waals surface area contributed by atoms with E-state index < -0.39 is 0 Å². The molecule has 0 aliphatic carbocycles. The third kappa shape index (κ3) is 4.65. The normalized spacial score (nSPS) is 11.9. The fourth-order valence-electron chi connectivity index (χ4n) is 1.06. The van der Waals surface area contributed by atoms with Crippen molar-refractivity contribution in [1.82, 2.24) is 10.3 Å². The highest BCUT2D eigenvalue weighted by Crippen LogP contribution is 2.13. The van der Waals surface area contributed by atoms with Crippen molar-refractivity contribution in [1.29, 1.82) is 0 Å². The van der Waals surface area contributed by atoms with Gasteiger partial charge in [-0.2, -0.15) is 0 Å². The lowest BCUT2D eigenvalue weighted by atomic mass is 10.3. The summed E-state index contributed by atoms with van der Waals surface area (Å²) in [5.41, 5.74) is 0. The molecule has 0 unspecified atom stereocenters. The monoisotopic (exact) mass is 228 g/mol. The smallest absolute Gasteiger partial charge is 0.217 e.